The quantitative estimate of drug-likeness (QED) is 0.423. The van der Waals surface area contributed by atoms with Crippen LogP contribution < -0.4 is 0 Å². The first-order chi connectivity index (χ1) is 7.47. The van der Waals surface area contributed by atoms with Crippen LogP contribution in [0.4, 0.5) is 13.2 Å². The van der Waals surface area contributed by atoms with Gasteiger partial charge in [0.1, 0.15) is 6.29 Å². The molecule has 0 aromatic heterocycles. The lowest BCUT2D eigenvalue weighted by Crippen LogP contribution is -2.06. The second-order valence-electron chi connectivity index (χ2n) is 2.89. The van der Waals surface area contributed by atoms with Gasteiger partial charge in [-0.2, -0.15) is 13.2 Å². The average Bonchev–Trinajstić information content (AvgIpc) is 2.24. The van der Waals surface area contributed by atoms with Crippen LogP contribution in [-0.4, -0.2) is 12.2 Å². The van der Waals surface area contributed by atoms with E-state index >= 15 is 0 Å². The monoisotopic (exact) mass is 246 g/mol. The summed E-state index contributed by atoms with van der Waals surface area (Å²) < 4.78 is 37.2. The Morgan fingerprint density at radius 2 is 2.00 bits per heavy atom. The van der Waals surface area contributed by atoms with Crippen LogP contribution >= 0.6 is 11.6 Å². The molecule has 0 aliphatic rings. The van der Waals surface area contributed by atoms with E-state index in [-0.39, 0.29) is 17.0 Å². The highest BCUT2D eigenvalue weighted by atomic mass is 35.5. The molecule has 84 valence electrons. The highest BCUT2D eigenvalue weighted by Gasteiger charge is 2.31. The van der Waals surface area contributed by atoms with E-state index in [9.17, 15) is 18.0 Å². The lowest BCUT2D eigenvalue weighted by Gasteiger charge is -2.07. The molecular formula is C11H6ClF3O. The van der Waals surface area contributed by atoms with E-state index in [4.69, 9.17) is 11.6 Å². The minimum atomic E-state index is -4.49. The zero-order valence-corrected chi connectivity index (χ0v) is 8.69. The topological polar surface area (TPSA) is 17.1 Å². The molecule has 5 heteroatoms. The summed E-state index contributed by atoms with van der Waals surface area (Å²) in [6.45, 7) is 0. The van der Waals surface area contributed by atoms with E-state index in [0.29, 0.717) is 6.29 Å². The maximum Gasteiger partial charge on any atom is 0.416 e. The third-order valence-corrected chi connectivity index (χ3v) is 1.85. The Hall–Kier alpha value is -1.47. The lowest BCUT2D eigenvalue weighted by molar-refractivity contribution is -0.137. The summed E-state index contributed by atoms with van der Waals surface area (Å²) in [7, 11) is 0. The van der Waals surface area contributed by atoms with E-state index in [1.807, 2.05) is 0 Å². The molecule has 0 N–H and O–H groups in total. The predicted molar refractivity (Wildman–Crippen MR) is 54.4 cm³/mol. The first-order valence-corrected chi connectivity index (χ1v) is 4.73. The van der Waals surface area contributed by atoms with Crippen molar-refractivity contribution in [3.05, 3.63) is 34.9 Å². The van der Waals surface area contributed by atoms with Crippen LogP contribution in [0.1, 0.15) is 21.5 Å². The Morgan fingerprint density at radius 1 is 1.31 bits per heavy atom. The summed E-state index contributed by atoms with van der Waals surface area (Å²) in [6, 6.07) is 2.94. The van der Waals surface area contributed by atoms with Gasteiger partial charge in [0.2, 0.25) is 0 Å². The lowest BCUT2D eigenvalue weighted by atomic mass is 10.1. The predicted octanol–water partition coefficient (Wildman–Crippen LogP) is 3.11. The molecule has 0 amide bonds. The zero-order valence-electron chi connectivity index (χ0n) is 7.94. The molecule has 1 aromatic rings. The van der Waals surface area contributed by atoms with Crippen LogP contribution in [0.15, 0.2) is 18.2 Å². The van der Waals surface area contributed by atoms with Crippen LogP contribution in [0.25, 0.3) is 0 Å². The Labute approximate surface area is 95.2 Å². The van der Waals surface area contributed by atoms with Crippen molar-refractivity contribution in [3.63, 3.8) is 0 Å². The smallest absolute Gasteiger partial charge is 0.298 e. The second kappa shape index (κ2) is 5.04. The first-order valence-electron chi connectivity index (χ1n) is 4.19. The second-order valence-corrected chi connectivity index (χ2v) is 3.16. The van der Waals surface area contributed by atoms with Crippen molar-refractivity contribution in [2.24, 2.45) is 0 Å². The van der Waals surface area contributed by atoms with Crippen molar-refractivity contribution in [1.29, 1.82) is 0 Å². The zero-order chi connectivity index (χ0) is 12.2. The summed E-state index contributed by atoms with van der Waals surface area (Å²) in [6.07, 6.45) is -4.14. The maximum absolute atomic E-state index is 12.4. The van der Waals surface area contributed by atoms with Crippen molar-refractivity contribution < 1.29 is 18.0 Å². The molecule has 0 unspecified atom stereocenters. The van der Waals surface area contributed by atoms with Crippen molar-refractivity contribution in [2.45, 2.75) is 6.18 Å². The SMILES string of the molecule is O=Cc1cc(C#CCCl)cc(C(F)(F)F)c1. The molecule has 1 rings (SSSR count). The van der Waals surface area contributed by atoms with Gasteiger partial charge in [0, 0.05) is 11.1 Å². The van der Waals surface area contributed by atoms with Crippen molar-refractivity contribution in [3.8, 4) is 11.8 Å². The molecule has 0 fully saturated rings. The molecule has 1 aromatic carbocycles. The van der Waals surface area contributed by atoms with E-state index in [1.165, 1.54) is 6.07 Å². The molecule has 0 aliphatic heterocycles. The number of halogens is 4. The molecular weight excluding hydrogens is 241 g/mol. The summed E-state index contributed by atoms with van der Waals surface area (Å²) in [5.41, 5.74) is -0.831. The third kappa shape index (κ3) is 3.28. The Balaban J connectivity index is 3.26. The van der Waals surface area contributed by atoms with Gasteiger partial charge < -0.3 is 0 Å². The van der Waals surface area contributed by atoms with Gasteiger partial charge in [-0.1, -0.05) is 11.8 Å². The summed E-state index contributed by atoms with van der Waals surface area (Å²) in [5.74, 6) is 4.89. The highest BCUT2D eigenvalue weighted by molar-refractivity contribution is 6.19. The van der Waals surface area contributed by atoms with Crippen LogP contribution in [-0.2, 0) is 6.18 Å². The number of hydrogen-bond donors (Lipinski definition) is 0. The number of alkyl halides is 4. The van der Waals surface area contributed by atoms with Gasteiger partial charge in [0.25, 0.3) is 0 Å². The molecule has 0 saturated carbocycles. The van der Waals surface area contributed by atoms with Gasteiger partial charge in [-0.15, -0.1) is 11.6 Å². The Bertz CT molecular complexity index is 455. The van der Waals surface area contributed by atoms with Gasteiger partial charge in [0.05, 0.1) is 11.4 Å². The molecule has 0 aliphatic carbocycles. The van der Waals surface area contributed by atoms with E-state index in [2.05, 4.69) is 11.8 Å². The van der Waals surface area contributed by atoms with Crippen LogP contribution in [0, 0.1) is 11.8 Å². The summed E-state index contributed by atoms with van der Waals surface area (Å²) in [4.78, 5) is 10.5. The van der Waals surface area contributed by atoms with Crippen LogP contribution in [0.2, 0.25) is 0 Å². The van der Waals surface area contributed by atoms with Gasteiger partial charge in [-0.3, -0.25) is 4.79 Å². The van der Waals surface area contributed by atoms with Crippen LogP contribution in [0.5, 0.6) is 0 Å². The van der Waals surface area contributed by atoms with Gasteiger partial charge in [-0.25, -0.2) is 0 Å². The van der Waals surface area contributed by atoms with E-state index in [1.54, 1.807) is 0 Å². The average molecular weight is 247 g/mol. The van der Waals surface area contributed by atoms with Crippen molar-refractivity contribution in [2.75, 3.05) is 5.88 Å². The van der Waals surface area contributed by atoms with Crippen LogP contribution in [0.3, 0.4) is 0 Å². The summed E-state index contributed by atoms with van der Waals surface area (Å²) in [5, 5.41) is 0. The maximum atomic E-state index is 12.4. The number of aldehydes is 1. The highest BCUT2D eigenvalue weighted by Crippen LogP contribution is 2.30. The molecule has 0 atom stereocenters. The van der Waals surface area contributed by atoms with Gasteiger partial charge >= 0.3 is 6.18 Å². The number of carbonyl (C=O) groups excluding carboxylic acids is 1. The van der Waals surface area contributed by atoms with Gasteiger partial charge in [-0.05, 0) is 18.2 Å². The fourth-order valence-corrected chi connectivity index (χ4v) is 1.16. The minimum absolute atomic E-state index is 0.0205. The Kier molecular flexibility index (Phi) is 3.97. The molecule has 0 radical (unpaired) electrons. The molecule has 0 bridgehead atoms. The van der Waals surface area contributed by atoms with E-state index < -0.39 is 11.7 Å². The normalized spacial score (nSPS) is 10.5. The number of rotatable bonds is 1. The minimum Gasteiger partial charge on any atom is -0.298 e. The third-order valence-electron chi connectivity index (χ3n) is 1.72. The standard InChI is InChI=1S/C11H6ClF3O/c12-3-1-2-8-4-9(7-16)6-10(5-8)11(13,14)15/h4-7H,3H2. The number of benzene rings is 1. The molecule has 16 heavy (non-hydrogen) atoms. The largest absolute Gasteiger partial charge is 0.416 e. The van der Waals surface area contributed by atoms with Crippen molar-refractivity contribution >= 4 is 17.9 Å². The molecule has 0 heterocycles. The van der Waals surface area contributed by atoms with Gasteiger partial charge in [0.15, 0.2) is 0 Å². The molecule has 0 spiro atoms. The number of carbonyl (C=O) groups is 1. The molecule has 0 saturated heterocycles. The number of hydrogen-bond acceptors (Lipinski definition) is 1. The van der Waals surface area contributed by atoms with Crippen molar-refractivity contribution in [1.82, 2.24) is 0 Å². The fraction of sp³-hybridized carbons (Fsp3) is 0.182. The van der Waals surface area contributed by atoms with E-state index in [0.717, 1.165) is 12.1 Å². The first kappa shape index (κ1) is 12.6. The summed E-state index contributed by atoms with van der Waals surface area (Å²) >= 11 is 5.29. The molecule has 1 nitrogen and oxygen atoms in total. The fourth-order valence-electron chi connectivity index (χ4n) is 1.09. The Morgan fingerprint density at radius 3 is 2.50 bits per heavy atom.